The molecule has 1 heterocycles. The molecule has 2 nitrogen and oxygen atoms in total. The lowest BCUT2D eigenvalue weighted by molar-refractivity contribution is 0.692. The Morgan fingerprint density at radius 3 is 2.44 bits per heavy atom. The number of benzene rings is 1. The van der Waals surface area contributed by atoms with E-state index >= 15 is 0 Å². The van der Waals surface area contributed by atoms with Gasteiger partial charge in [0.2, 0.25) is 0 Å². The molecule has 0 bridgehead atoms. The van der Waals surface area contributed by atoms with Crippen molar-refractivity contribution in [2.75, 3.05) is 18.5 Å². The molecule has 1 aromatic heterocycles. The minimum absolute atomic E-state index is 0.194. The SMILES string of the molecule is CN(c1ccccc1)C(CN)c1cc(Br)c(Br)s1. The Morgan fingerprint density at radius 2 is 1.94 bits per heavy atom. The van der Waals surface area contributed by atoms with Gasteiger partial charge in [-0.05, 0) is 50.1 Å². The minimum Gasteiger partial charge on any atom is -0.365 e. The molecule has 0 spiro atoms. The Kier molecular flexibility index (Phi) is 4.84. The average Bonchev–Trinajstić information content (AvgIpc) is 2.71. The lowest BCUT2D eigenvalue weighted by Gasteiger charge is -2.28. The first-order valence-corrected chi connectivity index (χ1v) is 7.96. The molecule has 18 heavy (non-hydrogen) atoms. The first kappa shape index (κ1) is 14.1. The van der Waals surface area contributed by atoms with Gasteiger partial charge in [0.15, 0.2) is 0 Å². The summed E-state index contributed by atoms with van der Waals surface area (Å²) in [5.74, 6) is 0. The summed E-state index contributed by atoms with van der Waals surface area (Å²) in [7, 11) is 2.08. The van der Waals surface area contributed by atoms with Crippen LogP contribution >= 0.6 is 43.2 Å². The number of nitrogens with zero attached hydrogens (tertiary/aromatic N) is 1. The van der Waals surface area contributed by atoms with Crippen LogP contribution in [0.3, 0.4) is 0 Å². The average molecular weight is 390 g/mol. The predicted molar refractivity (Wildman–Crippen MR) is 86.4 cm³/mol. The largest absolute Gasteiger partial charge is 0.365 e. The molecular formula is C13H14Br2N2S. The fraction of sp³-hybridized carbons (Fsp3) is 0.231. The molecular weight excluding hydrogens is 376 g/mol. The first-order chi connectivity index (χ1) is 8.63. The van der Waals surface area contributed by atoms with Gasteiger partial charge in [-0.25, -0.2) is 0 Å². The number of anilines is 1. The van der Waals surface area contributed by atoms with Gasteiger partial charge >= 0.3 is 0 Å². The van der Waals surface area contributed by atoms with Gasteiger partial charge in [-0.15, -0.1) is 11.3 Å². The summed E-state index contributed by atoms with van der Waals surface area (Å²) >= 11 is 8.77. The first-order valence-electron chi connectivity index (χ1n) is 5.56. The van der Waals surface area contributed by atoms with E-state index < -0.39 is 0 Å². The van der Waals surface area contributed by atoms with Crippen molar-refractivity contribution in [3.8, 4) is 0 Å². The van der Waals surface area contributed by atoms with Crippen molar-refractivity contribution >= 4 is 48.9 Å². The standard InChI is InChI=1S/C13H14Br2N2S/c1-17(9-5-3-2-4-6-9)11(8-16)12-7-10(14)13(15)18-12/h2-7,11H,8,16H2,1H3. The Labute approximate surface area is 128 Å². The van der Waals surface area contributed by atoms with Crippen LogP contribution in [0.25, 0.3) is 0 Å². The highest BCUT2D eigenvalue weighted by molar-refractivity contribution is 9.13. The van der Waals surface area contributed by atoms with Crippen LogP contribution in [0, 0.1) is 0 Å². The van der Waals surface area contributed by atoms with Gasteiger partial charge in [-0.1, -0.05) is 18.2 Å². The van der Waals surface area contributed by atoms with Crippen LogP contribution in [-0.4, -0.2) is 13.6 Å². The van der Waals surface area contributed by atoms with Gasteiger partial charge < -0.3 is 10.6 Å². The maximum atomic E-state index is 5.94. The summed E-state index contributed by atoms with van der Waals surface area (Å²) in [5.41, 5.74) is 7.11. The third-order valence-electron chi connectivity index (χ3n) is 2.85. The fourth-order valence-corrected chi connectivity index (χ4v) is 4.08. The molecule has 96 valence electrons. The number of likely N-dealkylation sites (N-methyl/N-ethyl adjacent to an activating group) is 1. The summed E-state index contributed by atoms with van der Waals surface area (Å²) in [6.07, 6.45) is 0. The van der Waals surface area contributed by atoms with E-state index in [1.54, 1.807) is 11.3 Å². The normalized spacial score (nSPS) is 12.4. The van der Waals surface area contributed by atoms with Gasteiger partial charge in [-0.3, -0.25) is 0 Å². The molecule has 0 saturated carbocycles. The zero-order valence-electron chi connectivity index (χ0n) is 9.94. The highest BCUT2D eigenvalue weighted by atomic mass is 79.9. The Hall–Kier alpha value is -0.360. The molecule has 1 atom stereocenters. The summed E-state index contributed by atoms with van der Waals surface area (Å²) in [4.78, 5) is 3.47. The van der Waals surface area contributed by atoms with Gasteiger partial charge in [0, 0.05) is 28.6 Å². The maximum absolute atomic E-state index is 5.94. The topological polar surface area (TPSA) is 29.3 Å². The van der Waals surface area contributed by atoms with Crippen LogP contribution in [0.2, 0.25) is 0 Å². The Balaban J connectivity index is 2.29. The van der Waals surface area contributed by atoms with Crippen LogP contribution in [0.15, 0.2) is 44.7 Å². The second kappa shape index (κ2) is 6.19. The van der Waals surface area contributed by atoms with E-state index in [1.807, 2.05) is 18.2 Å². The number of hydrogen-bond donors (Lipinski definition) is 1. The maximum Gasteiger partial charge on any atom is 0.0844 e. The monoisotopic (exact) mass is 388 g/mol. The second-order valence-corrected chi connectivity index (χ2v) is 7.22. The fourth-order valence-electron chi connectivity index (χ4n) is 1.84. The van der Waals surface area contributed by atoms with E-state index in [-0.39, 0.29) is 6.04 Å². The molecule has 0 saturated heterocycles. The van der Waals surface area contributed by atoms with E-state index in [4.69, 9.17) is 5.73 Å². The Bertz CT molecular complexity index is 493. The molecule has 0 fully saturated rings. The zero-order valence-corrected chi connectivity index (χ0v) is 13.9. The van der Waals surface area contributed by atoms with E-state index in [2.05, 4.69) is 62.0 Å². The summed E-state index contributed by atoms with van der Waals surface area (Å²) < 4.78 is 2.19. The van der Waals surface area contributed by atoms with Crippen molar-refractivity contribution in [3.05, 3.63) is 49.5 Å². The van der Waals surface area contributed by atoms with Crippen molar-refractivity contribution in [1.82, 2.24) is 0 Å². The van der Waals surface area contributed by atoms with Crippen LogP contribution < -0.4 is 10.6 Å². The van der Waals surface area contributed by atoms with Crippen molar-refractivity contribution in [1.29, 1.82) is 0 Å². The van der Waals surface area contributed by atoms with Crippen LogP contribution in [0.5, 0.6) is 0 Å². The van der Waals surface area contributed by atoms with Crippen molar-refractivity contribution in [2.24, 2.45) is 5.73 Å². The second-order valence-electron chi connectivity index (χ2n) is 3.97. The summed E-state index contributed by atoms with van der Waals surface area (Å²) in [5, 5.41) is 0. The zero-order chi connectivity index (χ0) is 13.1. The predicted octanol–water partition coefficient (Wildman–Crippen LogP) is 4.41. The quantitative estimate of drug-likeness (QED) is 0.838. The minimum atomic E-state index is 0.194. The number of hydrogen-bond acceptors (Lipinski definition) is 3. The van der Waals surface area contributed by atoms with Crippen molar-refractivity contribution in [3.63, 3.8) is 0 Å². The highest BCUT2D eigenvalue weighted by Gasteiger charge is 2.19. The van der Waals surface area contributed by atoms with Gasteiger partial charge in [0.05, 0.1) is 9.83 Å². The molecule has 0 amide bonds. The number of thiophene rings is 1. The van der Waals surface area contributed by atoms with E-state index in [1.165, 1.54) is 10.6 Å². The van der Waals surface area contributed by atoms with Crippen LogP contribution in [0.1, 0.15) is 10.9 Å². The van der Waals surface area contributed by atoms with E-state index in [0.717, 1.165) is 8.26 Å². The van der Waals surface area contributed by atoms with Crippen LogP contribution in [0.4, 0.5) is 5.69 Å². The molecule has 0 radical (unpaired) electrons. The van der Waals surface area contributed by atoms with Crippen LogP contribution in [-0.2, 0) is 0 Å². The number of nitrogens with two attached hydrogens (primary N) is 1. The lowest BCUT2D eigenvalue weighted by atomic mass is 10.2. The molecule has 1 unspecified atom stereocenters. The third kappa shape index (κ3) is 2.96. The molecule has 0 aliphatic carbocycles. The molecule has 2 rings (SSSR count). The number of halogens is 2. The smallest absolute Gasteiger partial charge is 0.0844 e. The van der Waals surface area contributed by atoms with Gasteiger partial charge in [0.1, 0.15) is 0 Å². The van der Waals surface area contributed by atoms with Crippen molar-refractivity contribution in [2.45, 2.75) is 6.04 Å². The van der Waals surface area contributed by atoms with Gasteiger partial charge in [0.25, 0.3) is 0 Å². The summed E-state index contributed by atoms with van der Waals surface area (Å²) in [6, 6.07) is 12.6. The van der Waals surface area contributed by atoms with Crippen molar-refractivity contribution < 1.29 is 0 Å². The molecule has 1 aromatic carbocycles. The number of para-hydroxylation sites is 1. The molecule has 0 aliphatic rings. The Morgan fingerprint density at radius 1 is 1.28 bits per heavy atom. The lowest BCUT2D eigenvalue weighted by Crippen LogP contribution is -2.29. The van der Waals surface area contributed by atoms with E-state index in [0.29, 0.717) is 6.54 Å². The number of rotatable bonds is 4. The summed E-state index contributed by atoms with van der Waals surface area (Å²) in [6.45, 7) is 0.588. The molecule has 5 heteroatoms. The third-order valence-corrected chi connectivity index (χ3v) is 6.20. The molecule has 0 aliphatic heterocycles. The molecule has 2 aromatic rings. The highest BCUT2D eigenvalue weighted by Crippen LogP contribution is 2.37. The molecule has 2 N–H and O–H groups in total. The van der Waals surface area contributed by atoms with E-state index in [9.17, 15) is 0 Å². The van der Waals surface area contributed by atoms with Gasteiger partial charge in [-0.2, -0.15) is 0 Å².